The summed E-state index contributed by atoms with van der Waals surface area (Å²) in [7, 11) is -3.91. The molecule has 3 aromatic carbocycles. The Morgan fingerprint density at radius 3 is 2.35 bits per heavy atom. The molecule has 0 aliphatic heterocycles. The fourth-order valence-corrected chi connectivity index (χ4v) is 3.82. The molecule has 3 rings (SSSR count). The van der Waals surface area contributed by atoms with Crippen molar-refractivity contribution in [3.63, 3.8) is 0 Å². The van der Waals surface area contributed by atoms with Crippen molar-refractivity contribution in [2.75, 3.05) is 17.9 Å². The van der Waals surface area contributed by atoms with Gasteiger partial charge in [0.25, 0.3) is 10.0 Å². The predicted octanol–water partition coefficient (Wildman–Crippen LogP) is 3.71. The molecule has 9 heteroatoms. The molecule has 0 radical (unpaired) electrons. The summed E-state index contributed by atoms with van der Waals surface area (Å²) in [5, 5.41) is 8.94. The summed E-state index contributed by atoms with van der Waals surface area (Å²) < 4.78 is 51.5. The first-order valence-electron chi connectivity index (χ1n) is 9.27. The van der Waals surface area contributed by atoms with Gasteiger partial charge in [0.2, 0.25) is 0 Å². The van der Waals surface area contributed by atoms with Gasteiger partial charge in [-0.2, -0.15) is 0 Å². The van der Waals surface area contributed by atoms with Crippen molar-refractivity contribution < 1.29 is 32.2 Å². The molecule has 3 aromatic rings. The second-order valence-corrected chi connectivity index (χ2v) is 8.14. The lowest BCUT2D eigenvalue weighted by Crippen LogP contribution is -2.13. The van der Waals surface area contributed by atoms with Crippen LogP contribution in [0.15, 0.2) is 77.7 Å². The zero-order valence-electron chi connectivity index (χ0n) is 16.3. The van der Waals surface area contributed by atoms with E-state index in [2.05, 4.69) is 4.72 Å². The molecule has 0 heterocycles. The normalized spacial score (nSPS) is 11.0. The quantitative estimate of drug-likeness (QED) is 0.461. The van der Waals surface area contributed by atoms with E-state index in [1.165, 1.54) is 30.3 Å². The first-order valence-corrected chi connectivity index (χ1v) is 10.8. The van der Waals surface area contributed by atoms with Crippen LogP contribution in [-0.4, -0.2) is 32.7 Å². The average molecular weight is 445 g/mol. The minimum atomic E-state index is -3.91. The minimum absolute atomic E-state index is 0.135. The third-order valence-electron chi connectivity index (χ3n) is 4.14. The highest BCUT2D eigenvalue weighted by molar-refractivity contribution is 7.92. The van der Waals surface area contributed by atoms with Crippen LogP contribution in [0.2, 0.25) is 0 Å². The van der Waals surface area contributed by atoms with E-state index in [0.717, 1.165) is 6.07 Å². The van der Waals surface area contributed by atoms with Gasteiger partial charge in [0, 0.05) is 11.3 Å². The van der Waals surface area contributed by atoms with Crippen molar-refractivity contribution in [2.45, 2.75) is 11.3 Å². The van der Waals surface area contributed by atoms with Crippen LogP contribution in [0.5, 0.6) is 11.5 Å². The Labute approximate surface area is 179 Å². The lowest BCUT2D eigenvalue weighted by molar-refractivity contribution is -0.136. The second-order valence-electron chi connectivity index (χ2n) is 6.46. The number of aliphatic carboxylic acids is 1. The van der Waals surface area contributed by atoms with Crippen molar-refractivity contribution >= 4 is 21.7 Å². The molecule has 0 unspecified atom stereocenters. The smallest absolute Gasteiger partial charge is 0.307 e. The largest absolute Gasteiger partial charge is 0.490 e. The van der Waals surface area contributed by atoms with Gasteiger partial charge in [-0.15, -0.1) is 0 Å². The van der Waals surface area contributed by atoms with Crippen molar-refractivity contribution in [3.8, 4) is 11.5 Å². The van der Waals surface area contributed by atoms with Crippen LogP contribution >= 0.6 is 0 Å². The van der Waals surface area contributed by atoms with Crippen LogP contribution < -0.4 is 14.2 Å². The number of ether oxygens (including phenoxy) is 2. The summed E-state index contributed by atoms with van der Waals surface area (Å²) in [4.78, 5) is 10.7. The maximum Gasteiger partial charge on any atom is 0.307 e. The van der Waals surface area contributed by atoms with E-state index in [0.29, 0.717) is 22.7 Å². The van der Waals surface area contributed by atoms with Gasteiger partial charge in [0.15, 0.2) is 0 Å². The molecular weight excluding hydrogens is 425 g/mol. The number of para-hydroxylation sites is 1. The standard InChI is InChI=1S/C22H20FNO6S/c23-17-5-3-6-20(15-17)31(27,28)24-18-8-10-19(11-9-18)29-12-13-30-21-7-2-1-4-16(21)14-22(25)26/h1-11,15,24H,12-14H2,(H,25,26). The lowest BCUT2D eigenvalue weighted by atomic mass is 10.1. The molecule has 2 N–H and O–H groups in total. The molecule has 0 bridgehead atoms. The predicted molar refractivity (Wildman–Crippen MR) is 112 cm³/mol. The Kier molecular flexibility index (Phi) is 7.09. The van der Waals surface area contributed by atoms with E-state index in [1.807, 2.05) is 0 Å². The molecule has 0 aliphatic carbocycles. The van der Waals surface area contributed by atoms with Crippen LogP contribution in [-0.2, 0) is 21.2 Å². The number of hydrogen-bond donors (Lipinski definition) is 2. The summed E-state index contributed by atoms with van der Waals surface area (Å²) in [6, 6.07) is 17.8. The number of sulfonamides is 1. The summed E-state index contributed by atoms with van der Waals surface area (Å²) in [6.45, 7) is 0.403. The minimum Gasteiger partial charge on any atom is -0.490 e. The SMILES string of the molecule is O=C(O)Cc1ccccc1OCCOc1ccc(NS(=O)(=O)c2cccc(F)c2)cc1. The number of nitrogens with one attached hydrogen (secondary N) is 1. The molecule has 7 nitrogen and oxygen atoms in total. The van der Waals surface area contributed by atoms with Crippen LogP contribution in [0.25, 0.3) is 0 Å². The summed E-state index contributed by atoms with van der Waals surface area (Å²) in [6.07, 6.45) is -0.135. The monoisotopic (exact) mass is 445 g/mol. The number of carboxylic acid groups (broad SMARTS) is 1. The fourth-order valence-electron chi connectivity index (χ4n) is 2.73. The summed E-state index contributed by atoms with van der Waals surface area (Å²) in [5.74, 6) is -0.605. The topological polar surface area (TPSA) is 102 Å². The molecule has 0 aliphatic rings. The zero-order chi connectivity index (χ0) is 22.3. The molecular formula is C22H20FNO6S. The molecule has 0 amide bonds. The number of hydrogen-bond acceptors (Lipinski definition) is 5. The van der Waals surface area contributed by atoms with Crippen molar-refractivity contribution in [1.82, 2.24) is 0 Å². The molecule has 0 fully saturated rings. The van der Waals surface area contributed by atoms with Crippen LogP contribution in [0.4, 0.5) is 10.1 Å². The van der Waals surface area contributed by atoms with E-state index < -0.39 is 21.8 Å². The van der Waals surface area contributed by atoms with Gasteiger partial charge in [0.1, 0.15) is 30.5 Å². The first-order chi connectivity index (χ1) is 14.8. The fraction of sp³-hybridized carbons (Fsp3) is 0.136. The average Bonchev–Trinajstić information content (AvgIpc) is 2.73. The van der Waals surface area contributed by atoms with Crippen molar-refractivity contribution in [1.29, 1.82) is 0 Å². The summed E-state index contributed by atoms with van der Waals surface area (Å²) >= 11 is 0. The number of carboxylic acids is 1. The van der Waals surface area contributed by atoms with Gasteiger partial charge in [-0.1, -0.05) is 24.3 Å². The maximum absolute atomic E-state index is 13.3. The van der Waals surface area contributed by atoms with Gasteiger partial charge >= 0.3 is 5.97 Å². The second kappa shape index (κ2) is 9.94. The van der Waals surface area contributed by atoms with Crippen molar-refractivity contribution in [2.24, 2.45) is 0 Å². The Hall–Kier alpha value is -3.59. The number of benzene rings is 3. The Bertz CT molecular complexity index is 1150. The Morgan fingerprint density at radius 1 is 0.935 bits per heavy atom. The number of anilines is 1. The molecule has 0 aromatic heterocycles. The van der Waals surface area contributed by atoms with Gasteiger partial charge in [-0.3, -0.25) is 9.52 Å². The molecule has 0 saturated heterocycles. The Morgan fingerprint density at radius 2 is 1.65 bits per heavy atom. The van der Waals surface area contributed by atoms with Gasteiger partial charge in [-0.05, 0) is 48.5 Å². The molecule has 31 heavy (non-hydrogen) atoms. The number of carbonyl (C=O) groups is 1. The Balaban J connectivity index is 1.52. The number of rotatable bonds is 10. The molecule has 162 valence electrons. The van der Waals surface area contributed by atoms with Crippen LogP contribution in [0, 0.1) is 5.82 Å². The van der Waals surface area contributed by atoms with Crippen molar-refractivity contribution in [3.05, 3.63) is 84.2 Å². The van der Waals surface area contributed by atoms with Gasteiger partial charge in [0.05, 0.1) is 11.3 Å². The molecule has 0 saturated carbocycles. The highest BCUT2D eigenvalue weighted by atomic mass is 32.2. The highest BCUT2D eigenvalue weighted by Crippen LogP contribution is 2.21. The van der Waals surface area contributed by atoms with E-state index in [4.69, 9.17) is 14.6 Å². The number of halogens is 1. The van der Waals surface area contributed by atoms with Gasteiger partial charge < -0.3 is 14.6 Å². The first kappa shape index (κ1) is 22.1. The summed E-state index contributed by atoms with van der Waals surface area (Å²) in [5.41, 5.74) is 0.875. The van der Waals surface area contributed by atoms with Crippen LogP contribution in [0.1, 0.15) is 5.56 Å². The van der Waals surface area contributed by atoms with Gasteiger partial charge in [-0.25, -0.2) is 12.8 Å². The molecule has 0 atom stereocenters. The van der Waals surface area contributed by atoms with E-state index in [1.54, 1.807) is 36.4 Å². The molecule has 0 spiro atoms. The van der Waals surface area contributed by atoms with E-state index in [9.17, 15) is 17.6 Å². The zero-order valence-corrected chi connectivity index (χ0v) is 17.1. The highest BCUT2D eigenvalue weighted by Gasteiger charge is 2.15. The lowest BCUT2D eigenvalue weighted by Gasteiger charge is -2.12. The third-order valence-corrected chi connectivity index (χ3v) is 5.52. The van der Waals surface area contributed by atoms with E-state index >= 15 is 0 Å². The van der Waals surface area contributed by atoms with E-state index in [-0.39, 0.29) is 24.5 Å². The maximum atomic E-state index is 13.3. The third kappa shape index (κ3) is 6.45. The van der Waals surface area contributed by atoms with Crippen LogP contribution in [0.3, 0.4) is 0 Å².